The van der Waals surface area contributed by atoms with E-state index in [1.807, 2.05) is 24.7 Å². The number of hydrogen-bond donors (Lipinski definition) is 1. The van der Waals surface area contributed by atoms with Crippen molar-refractivity contribution in [1.82, 2.24) is 19.7 Å². The molecule has 0 aliphatic heterocycles. The first-order valence-corrected chi connectivity index (χ1v) is 8.10. The van der Waals surface area contributed by atoms with E-state index in [1.165, 1.54) is 6.20 Å². The number of aryl methyl sites for hydroxylation is 1. The molecule has 0 amide bonds. The summed E-state index contributed by atoms with van der Waals surface area (Å²) in [5.74, 6) is -1.37. The number of nitrogens with zero attached hydrogens (tertiary/aromatic N) is 4. The molecule has 0 radical (unpaired) electrons. The van der Waals surface area contributed by atoms with Crippen molar-refractivity contribution < 1.29 is 8.78 Å². The van der Waals surface area contributed by atoms with Gasteiger partial charge in [0.1, 0.15) is 5.82 Å². The van der Waals surface area contributed by atoms with Crippen molar-refractivity contribution in [3.63, 3.8) is 0 Å². The highest BCUT2D eigenvalue weighted by atomic mass is 19.2. The topological polar surface area (TPSA) is 55.6 Å². The van der Waals surface area contributed by atoms with E-state index in [1.54, 1.807) is 0 Å². The van der Waals surface area contributed by atoms with E-state index in [2.05, 4.69) is 41.2 Å². The summed E-state index contributed by atoms with van der Waals surface area (Å²) in [4.78, 5) is 8.46. The van der Waals surface area contributed by atoms with Crippen molar-refractivity contribution in [1.29, 1.82) is 0 Å². The Morgan fingerprint density at radius 2 is 1.76 bits per heavy atom. The largest absolute Gasteiger partial charge is 0.362 e. The zero-order valence-electron chi connectivity index (χ0n) is 14.9. The van der Waals surface area contributed by atoms with Gasteiger partial charge in [-0.25, -0.2) is 13.8 Å². The van der Waals surface area contributed by atoms with Crippen LogP contribution in [-0.2, 0) is 5.54 Å². The van der Waals surface area contributed by atoms with Crippen molar-refractivity contribution in [2.75, 3.05) is 5.32 Å². The third-order valence-electron chi connectivity index (χ3n) is 4.04. The fraction of sp³-hybridized carbons (Fsp3) is 0.389. The van der Waals surface area contributed by atoms with Crippen LogP contribution in [0.1, 0.15) is 45.0 Å². The summed E-state index contributed by atoms with van der Waals surface area (Å²) in [6.07, 6.45) is 3.52. The fourth-order valence-electron chi connectivity index (χ4n) is 2.62. The van der Waals surface area contributed by atoms with Gasteiger partial charge in [-0.3, -0.25) is 9.67 Å². The lowest BCUT2D eigenvalue weighted by molar-refractivity contribution is 0.354. The van der Waals surface area contributed by atoms with Crippen molar-refractivity contribution in [2.24, 2.45) is 0 Å². The van der Waals surface area contributed by atoms with Crippen LogP contribution in [0.3, 0.4) is 0 Å². The number of benzene rings is 1. The molecule has 132 valence electrons. The SMILES string of the molecule is Cc1nn(C(C)(C)C)cc1C(C)Nc1cnc2cc(F)c(F)cc2n1. The monoisotopic (exact) mass is 345 g/mol. The average Bonchev–Trinajstić information content (AvgIpc) is 2.91. The Bertz CT molecular complexity index is 927. The van der Waals surface area contributed by atoms with E-state index < -0.39 is 11.6 Å². The van der Waals surface area contributed by atoms with Gasteiger partial charge < -0.3 is 5.32 Å². The Hall–Kier alpha value is -2.57. The highest BCUT2D eigenvalue weighted by Gasteiger charge is 2.19. The van der Waals surface area contributed by atoms with Gasteiger partial charge in [0.25, 0.3) is 0 Å². The molecule has 0 saturated heterocycles. The van der Waals surface area contributed by atoms with Crippen LogP contribution in [0.4, 0.5) is 14.6 Å². The molecule has 1 N–H and O–H groups in total. The van der Waals surface area contributed by atoms with Gasteiger partial charge in [0, 0.05) is 23.9 Å². The standard InChI is InChI=1S/C18H21F2N5/c1-10(12-9-25(18(3,4)5)24-11(12)2)22-17-8-21-15-6-13(19)14(20)7-16(15)23-17/h6-10H,1-5H3,(H,22,23). The molecule has 7 heteroatoms. The molecular formula is C18H21F2N5. The van der Waals surface area contributed by atoms with E-state index in [9.17, 15) is 8.78 Å². The molecule has 3 rings (SSSR count). The van der Waals surface area contributed by atoms with E-state index in [0.717, 1.165) is 23.4 Å². The number of anilines is 1. The normalized spacial score (nSPS) is 13.2. The molecule has 0 fully saturated rings. The molecular weight excluding hydrogens is 324 g/mol. The maximum Gasteiger partial charge on any atom is 0.161 e. The summed E-state index contributed by atoms with van der Waals surface area (Å²) in [6.45, 7) is 10.2. The van der Waals surface area contributed by atoms with Crippen LogP contribution in [0.15, 0.2) is 24.5 Å². The Morgan fingerprint density at radius 1 is 1.12 bits per heavy atom. The number of nitrogens with one attached hydrogen (secondary N) is 1. The van der Waals surface area contributed by atoms with E-state index in [0.29, 0.717) is 16.9 Å². The molecule has 1 atom stereocenters. The van der Waals surface area contributed by atoms with Gasteiger partial charge >= 0.3 is 0 Å². The van der Waals surface area contributed by atoms with E-state index in [-0.39, 0.29) is 11.6 Å². The second kappa shape index (κ2) is 6.06. The second-order valence-electron chi connectivity index (χ2n) is 7.16. The van der Waals surface area contributed by atoms with E-state index >= 15 is 0 Å². The summed E-state index contributed by atoms with van der Waals surface area (Å²) in [5.41, 5.74) is 2.48. The number of hydrogen-bond acceptors (Lipinski definition) is 4. The fourth-order valence-corrected chi connectivity index (χ4v) is 2.62. The Morgan fingerprint density at radius 3 is 2.36 bits per heavy atom. The molecule has 3 aromatic rings. The molecule has 0 aliphatic rings. The molecule has 0 bridgehead atoms. The lowest BCUT2D eigenvalue weighted by atomic mass is 10.1. The minimum Gasteiger partial charge on any atom is -0.362 e. The number of rotatable bonds is 3. The minimum atomic E-state index is -0.936. The zero-order valence-corrected chi connectivity index (χ0v) is 14.9. The van der Waals surface area contributed by atoms with Crippen LogP contribution < -0.4 is 5.32 Å². The van der Waals surface area contributed by atoms with Gasteiger partial charge in [-0.05, 0) is 34.6 Å². The lowest BCUT2D eigenvalue weighted by Gasteiger charge is -2.19. The highest BCUT2D eigenvalue weighted by Crippen LogP contribution is 2.24. The predicted octanol–water partition coefficient (Wildman–Crippen LogP) is 4.34. The van der Waals surface area contributed by atoms with Crippen LogP contribution in [0.2, 0.25) is 0 Å². The first kappa shape index (κ1) is 17.3. The Labute approximate surface area is 145 Å². The Balaban J connectivity index is 1.88. The Kier molecular flexibility index (Phi) is 4.18. The molecule has 25 heavy (non-hydrogen) atoms. The van der Waals surface area contributed by atoms with Crippen LogP contribution >= 0.6 is 0 Å². The molecule has 2 aromatic heterocycles. The van der Waals surface area contributed by atoms with Gasteiger partial charge in [-0.2, -0.15) is 5.10 Å². The maximum absolute atomic E-state index is 13.4. The van der Waals surface area contributed by atoms with Gasteiger partial charge in [0.15, 0.2) is 11.6 Å². The molecule has 0 spiro atoms. The molecule has 1 aromatic carbocycles. The molecule has 5 nitrogen and oxygen atoms in total. The van der Waals surface area contributed by atoms with Crippen molar-refractivity contribution in [3.05, 3.63) is 47.4 Å². The molecule has 0 saturated carbocycles. The summed E-state index contributed by atoms with van der Waals surface area (Å²) < 4.78 is 28.6. The summed E-state index contributed by atoms with van der Waals surface area (Å²) >= 11 is 0. The first-order valence-electron chi connectivity index (χ1n) is 8.10. The lowest BCUT2D eigenvalue weighted by Crippen LogP contribution is -2.22. The number of fused-ring (bicyclic) bond motifs is 1. The van der Waals surface area contributed by atoms with Crippen molar-refractivity contribution >= 4 is 16.9 Å². The summed E-state index contributed by atoms with van der Waals surface area (Å²) in [6, 6.07) is 2.03. The van der Waals surface area contributed by atoms with Crippen LogP contribution in [0.25, 0.3) is 11.0 Å². The van der Waals surface area contributed by atoms with Crippen LogP contribution in [-0.4, -0.2) is 19.7 Å². The molecule has 0 aliphatic carbocycles. The summed E-state index contributed by atoms with van der Waals surface area (Å²) in [7, 11) is 0. The predicted molar refractivity (Wildman–Crippen MR) is 93.5 cm³/mol. The minimum absolute atomic E-state index is 0.0619. The quantitative estimate of drug-likeness (QED) is 0.767. The molecule has 2 heterocycles. The zero-order chi connectivity index (χ0) is 18.4. The first-order chi connectivity index (χ1) is 11.6. The van der Waals surface area contributed by atoms with Gasteiger partial charge in [-0.1, -0.05) is 0 Å². The van der Waals surface area contributed by atoms with Gasteiger partial charge in [-0.15, -0.1) is 0 Å². The average molecular weight is 345 g/mol. The molecule has 1 unspecified atom stereocenters. The smallest absolute Gasteiger partial charge is 0.161 e. The van der Waals surface area contributed by atoms with E-state index in [4.69, 9.17) is 0 Å². The van der Waals surface area contributed by atoms with Gasteiger partial charge in [0.2, 0.25) is 0 Å². The van der Waals surface area contributed by atoms with Crippen LogP contribution in [0.5, 0.6) is 0 Å². The van der Waals surface area contributed by atoms with Crippen LogP contribution in [0, 0.1) is 18.6 Å². The second-order valence-corrected chi connectivity index (χ2v) is 7.16. The highest BCUT2D eigenvalue weighted by molar-refractivity contribution is 5.75. The summed E-state index contributed by atoms with van der Waals surface area (Å²) in [5, 5.41) is 7.81. The maximum atomic E-state index is 13.4. The van der Waals surface area contributed by atoms with Gasteiger partial charge in [0.05, 0.1) is 34.5 Å². The third kappa shape index (κ3) is 3.45. The number of aromatic nitrogens is 4. The van der Waals surface area contributed by atoms with Crippen molar-refractivity contribution in [3.8, 4) is 0 Å². The van der Waals surface area contributed by atoms with Crippen molar-refractivity contribution in [2.45, 2.75) is 46.2 Å². The third-order valence-corrected chi connectivity index (χ3v) is 4.04. The number of halogens is 2.